The van der Waals surface area contributed by atoms with Crippen LogP contribution in [-0.2, 0) is 0 Å². The number of hydrogen-bond acceptors (Lipinski definition) is 1. The molecule has 5 heteroatoms. The van der Waals surface area contributed by atoms with Crippen molar-refractivity contribution in [2.75, 3.05) is 0 Å². The number of rotatable bonds is 3. The molecule has 0 bridgehead atoms. The van der Waals surface area contributed by atoms with Crippen LogP contribution in [0.1, 0.15) is 22.5 Å². The van der Waals surface area contributed by atoms with Crippen LogP contribution >= 0.6 is 15.9 Å². The van der Waals surface area contributed by atoms with Crippen molar-refractivity contribution in [1.29, 1.82) is 5.26 Å². The molecule has 2 aromatic carbocycles. The van der Waals surface area contributed by atoms with Crippen molar-refractivity contribution >= 4 is 27.6 Å². The molecule has 0 fully saturated rings. The third kappa shape index (κ3) is 3.47. The SMILES string of the molecule is Cc1cc(/C=C(/C#N)c2cccc(F)c2)c(C)n1-c1ccc(Br)cc1F. The molecule has 0 amide bonds. The highest BCUT2D eigenvalue weighted by molar-refractivity contribution is 9.10. The number of hydrogen-bond donors (Lipinski definition) is 0. The van der Waals surface area contributed by atoms with E-state index >= 15 is 0 Å². The molecule has 130 valence electrons. The molecule has 0 aliphatic heterocycles. The van der Waals surface area contributed by atoms with Crippen LogP contribution in [0, 0.1) is 36.8 Å². The zero-order valence-electron chi connectivity index (χ0n) is 14.2. The number of aromatic nitrogens is 1. The Bertz CT molecular complexity index is 1060. The first-order chi connectivity index (χ1) is 12.4. The molecule has 3 rings (SSSR count). The maximum Gasteiger partial charge on any atom is 0.148 e. The van der Waals surface area contributed by atoms with Crippen molar-refractivity contribution < 1.29 is 8.78 Å². The summed E-state index contributed by atoms with van der Waals surface area (Å²) in [5.41, 5.74) is 3.71. The molecule has 26 heavy (non-hydrogen) atoms. The number of aryl methyl sites for hydroxylation is 1. The van der Waals surface area contributed by atoms with Crippen LogP contribution in [-0.4, -0.2) is 4.57 Å². The van der Waals surface area contributed by atoms with Crippen LogP contribution < -0.4 is 0 Å². The lowest BCUT2D eigenvalue weighted by atomic mass is 10.0. The molecule has 0 spiro atoms. The van der Waals surface area contributed by atoms with E-state index in [0.29, 0.717) is 21.3 Å². The molecule has 1 heterocycles. The van der Waals surface area contributed by atoms with Gasteiger partial charge >= 0.3 is 0 Å². The molecule has 0 saturated carbocycles. The first-order valence-electron chi connectivity index (χ1n) is 7.93. The van der Waals surface area contributed by atoms with Gasteiger partial charge in [0.05, 0.1) is 17.3 Å². The lowest BCUT2D eigenvalue weighted by Crippen LogP contribution is -2.02. The largest absolute Gasteiger partial charge is 0.315 e. The molecule has 0 aliphatic carbocycles. The van der Waals surface area contributed by atoms with E-state index in [0.717, 1.165) is 17.0 Å². The van der Waals surface area contributed by atoms with Gasteiger partial charge in [0.2, 0.25) is 0 Å². The van der Waals surface area contributed by atoms with Crippen molar-refractivity contribution in [3.63, 3.8) is 0 Å². The number of benzene rings is 2. The predicted molar refractivity (Wildman–Crippen MR) is 103 cm³/mol. The van der Waals surface area contributed by atoms with Crippen LogP contribution in [0.15, 0.2) is 53.0 Å². The van der Waals surface area contributed by atoms with E-state index < -0.39 is 5.82 Å². The molecule has 2 nitrogen and oxygen atoms in total. The number of nitriles is 1. The first-order valence-corrected chi connectivity index (χ1v) is 8.72. The van der Waals surface area contributed by atoms with Crippen LogP contribution in [0.25, 0.3) is 17.3 Å². The Labute approximate surface area is 159 Å². The lowest BCUT2D eigenvalue weighted by Gasteiger charge is -2.11. The smallest absolute Gasteiger partial charge is 0.148 e. The summed E-state index contributed by atoms with van der Waals surface area (Å²) >= 11 is 3.26. The molecular weight excluding hydrogens is 398 g/mol. The summed E-state index contributed by atoms with van der Waals surface area (Å²) in [6, 6.07) is 14.8. The van der Waals surface area contributed by atoms with Crippen molar-refractivity contribution in [2.24, 2.45) is 0 Å². The summed E-state index contributed by atoms with van der Waals surface area (Å²) < 4.78 is 30.3. The zero-order chi connectivity index (χ0) is 18.8. The zero-order valence-corrected chi connectivity index (χ0v) is 15.8. The van der Waals surface area contributed by atoms with Crippen LogP contribution in [0.2, 0.25) is 0 Å². The van der Waals surface area contributed by atoms with Crippen molar-refractivity contribution in [3.05, 3.63) is 87.2 Å². The maximum atomic E-state index is 14.4. The average Bonchev–Trinajstić information content (AvgIpc) is 2.87. The van der Waals surface area contributed by atoms with E-state index in [1.165, 1.54) is 18.2 Å². The predicted octanol–water partition coefficient (Wildman–Crippen LogP) is 6.20. The quantitative estimate of drug-likeness (QED) is 0.470. The molecule has 0 N–H and O–H groups in total. The Balaban J connectivity index is 2.12. The lowest BCUT2D eigenvalue weighted by molar-refractivity contribution is 0.615. The topological polar surface area (TPSA) is 28.7 Å². The summed E-state index contributed by atoms with van der Waals surface area (Å²) in [6.45, 7) is 3.74. The Morgan fingerprint density at radius 2 is 1.88 bits per heavy atom. The summed E-state index contributed by atoms with van der Waals surface area (Å²) in [4.78, 5) is 0. The van der Waals surface area contributed by atoms with Crippen molar-refractivity contribution in [3.8, 4) is 11.8 Å². The van der Waals surface area contributed by atoms with E-state index in [-0.39, 0.29) is 5.82 Å². The van der Waals surface area contributed by atoms with Gasteiger partial charge in [-0.05, 0) is 67.4 Å². The Morgan fingerprint density at radius 3 is 2.54 bits per heavy atom. The molecule has 0 saturated heterocycles. The molecule has 0 unspecified atom stereocenters. The van der Waals surface area contributed by atoms with Gasteiger partial charge in [0.25, 0.3) is 0 Å². The van der Waals surface area contributed by atoms with Crippen molar-refractivity contribution in [1.82, 2.24) is 4.57 Å². The second kappa shape index (κ2) is 7.27. The molecule has 0 aliphatic rings. The maximum absolute atomic E-state index is 14.4. The van der Waals surface area contributed by atoms with Gasteiger partial charge in [-0.2, -0.15) is 5.26 Å². The second-order valence-corrected chi connectivity index (χ2v) is 6.85. The molecule has 1 aromatic heterocycles. The van der Waals surface area contributed by atoms with Crippen LogP contribution in [0.5, 0.6) is 0 Å². The first kappa shape index (κ1) is 18.1. The molecule has 0 radical (unpaired) electrons. The fourth-order valence-corrected chi connectivity index (χ4v) is 3.29. The number of halogens is 3. The Morgan fingerprint density at radius 1 is 1.12 bits per heavy atom. The Kier molecular flexibility index (Phi) is 5.06. The highest BCUT2D eigenvalue weighted by Gasteiger charge is 2.14. The minimum Gasteiger partial charge on any atom is -0.315 e. The van der Waals surface area contributed by atoms with Crippen LogP contribution in [0.4, 0.5) is 8.78 Å². The van der Waals surface area contributed by atoms with Gasteiger partial charge in [-0.1, -0.05) is 28.1 Å². The van der Waals surface area contributed by atoms with Gasteiger partial charge in [-0.15, -0.1) is 0 Å². The van der Waals surface area contributed by atoms with E-state index in [1.54, 1.807) is 34.9 Å². The van der Waals surface area contributed by atoms with Crippen LogP contribution in [0.3, 0.4) is 0 Å². The third-order valence-electron chi connectivity index (χ3n) is 4.18. The summed E-state index contributed by atoms with van der Waals surface area (Å²) in [7, 11) is 0. The number of nitrogens with zero attached hydrogens (tertiary/aromatic N) is 2. The van der Waals surface area contributed by atoms with Gasteiger partial charge in [0.15, 0.2) is 0 Å². The third-order valence-corrected chi connectivity index (χ3v) is 4.67. The normalized spacial score (nSPS) is 11.5. The fraction of sp³-hybridized carbons (Fsp3) is 0.0952. The second-order valence-electron chi connectivity index (χ2n) is 5.94. The van der Waals surface area contributed by atoms with Crippen molar-refractivity contribution in [2.45, 2.75) is 13.8 Å². The summed E-state index contributed by atoms with van der Waals surface area (Å²) in [5.74, 6) is -0.742. The van der Waals surface area contributed by atoms with E-state index in [9.17, 15) is 14.0 Å². The molecule has 0 atom stereocenters. The number of allylic oxidation sites excluding steroid dienone is 1. The minimum atomic E-state index is -0.397. The minimum absolute atomic E-state index is 0.345. The van der Waals surface area contributed by atoms with E-state index in [1.807, 2.05) is 19.9 Å². The van der Waals surface area contributed by atoms with Gasteiger partial charge < -0.3 is 4.57 Å². The van der Waals surface area contributed by atoms with Gasteiger partial charge in [-0.25, -0.2) is 8.78 Å². The summed E-state index contributed by atoms with van der Waals surface area (Å²) in [5, 5.41) is 9.48. The summed E-state index contributed by atoms with van der Waals surface area (Å²) in [6.07, 6.45) is 1.70. The fourth-order valence-electron chi connectivity index (χ4n) is 2.96. The molecule has 3 aromatic rings. The highest BCUT2D eigenvalue weighted by atomic mass is 79.9. The standard InChI is InChI=1S/C21H15BrF2N2/c1-13-8-16(9-17(12-25)15-4-3-5-19(23)10-15)14(2)26(13)21-7-6-18(22)11-20(21)24/h3-11H,1-2H3/b17-9-. The molecular formula is C21H15BrF2N2. The van der Waals surface area contributed by atoms with Gasteiger partial charge in [-0.3, -0.25) is 0 Å². The van der Waals surface area contributed by atoms with E-state index in [2.05, 4.69) is 22.0 Å². The van der Waals surface area contributed by atoms with E-state index in [4.69, 9.17) is 0 Å². The average molecular weight is 413 g/mol. The van der Waals surface area contributed by atoms with Gasteiger partial charge in [0, 0.05) is 15.9 Å². The highest BCUT2D eigenvalue weighted by Crippen LogP contribution is 2.27. The monoisotopic (exact) mass is 412 g/mol. The van der Waals surface area contributed by atoms with Gasteiger partial charge in [0.1, 0.15) is 11.6 Å². The Hall–Kier alpha value is -2.71.